The van der Waals surface area contributed by atoms with Gasteiger partial charge in [0.25, 0.3) is 0 Å². The molecule has 0 saturated heterocycles. The summed E-state index contributed by atoms with van der Waals surface area (Å²) in [6.45, 7) is 6.33. The normalized spacial score (nSPS) is 24.9. The Morgan fingerprint density at radius 2 is 2.13 bits per heavy atom. The van der Waals surface area contributed by atoms with Crippen molar-refractivity contribution in [2.75, 3.05) is 6.61 Å². The lowest BCUT2D eigenvalue weighted by molar-refractivity contribution is 0.110. The summed E-state index contributed by atoms with van der Waals surface area (Å²) in [5, 5.41) is 0. The molecule has 1 aromatic carbocycles. The van der Waals surface area contributed by atoms with Crippen molar-refractivity contribution in [2.24, 2.45) is 0 Å². The second-order valence-corrected chi connectivity index (χ2v) is 4.71. The second kappa shape index (κ2) is 3.51. The molecule has 1 atom stereocenters. The van der Waals surface area contributed by atoms with Crippen LogP contribution in [0.2, 0.25) is 0 Å². The second-order valence-electron chi connectivity index (χ2n) is 4.71. The molecule has 0 amide bonds. The molecule has 0 N–H and O–H groups in total. The van der Waals surface area contributed by atoms with Crippen molar-refractivity contribution < 1.29 is 9.13 Å². The number of hydrogen-bond donors (Lipinski definition) is 0. The largest absolute Gasteiger partial charge is 0.493 e. The zero-order valence-corrected chi connectivity index (χ0v) is 9.51. The molecular formula is C13H17FO. The van der Waals surface area contributed by atoms with Crippen molar-refractivity contribution in [2.45, 2.75) is 38.8 Å². The Kier molecular flexibility index (Phi) is 2.45. The topological polar surface area (TPSA) is 9.23 Å². The summed E-state index contributed by atoms with van der Waals surface area (Å²) in [4.78, 5) is 0. The number of fused-ring (bicyclic) bond motifs is 1. The molecule has 0 bridgehead atoms. The Balaban J connectivity index is 2.49. The average molecular weight is 208 g/mol. The van der Waals surface area contributed by atoms with E-state index in [1.165, 1.54) is 5.56 Å². The molecule has 1 aliphatic heterocycles. The molecule has 2 rings (SSSR count). The molecule has 1 aromatic rings. The predicted octanol–water partition coefficient (Wildman–Crippen LogP) is 3.78. The number of rotatable bonds is 1. The summed E-state index contributed by atoms with van der Waals surface area (Å²) in [7, 11) is 0. The van der Waals surface area contributed by atoms with Gasteiger partial charge in [0.2, 0.25) is 0 Å². The maximum absolute atomic E-state index is 14.2. The van der Waals surface area contributed by atoms with Crippen molar-refractivity contribution in [3.05, 3.63) is 29.3 Å². The number of halogens is 1. The Hall–Kier alpha value is -1.05. The van der Waals surface area contributed by atoms with Gasteiger partial charge in [-0.15, -0.1) is 0 Å². The molecule has 0 spiro atoms. The molecule has 1 heterocycles. The third-order valence-electron chi connectivity index (χ3n) is 3.06. The smallest absolute Gasteiger partial charge is 0.140 e. The van der Waals surface area contributed by atoms with Crippen LogP contribution in [0, 0.1) is 0 Å². The van der Waals surface area contributed by atoms with E-state index in [0.717, 1.165) is 0 Å². The van der Waals surface area contributed by atoms with Gasteiger partial charge in [0, 0.05) is 12.0 Å². The molecule has 1 aliphatic rings. The fraction of sp³-hybridized carbons (Fsp3) is 0.538. The first kappa shape index (κ1) is 10.5. The minimum Gasteiger partial charge on any atom is -0.493 e. The summed E-state index contributed by atoms with van der Waals surface area (Å²) in [5.74, 6) is 1.13. The third-order valence-corrected chi connectivity index (χ3v) is 3.06. The number of benzene rings is 1. The van der Waals surface area contributed by atoms with E-state index in [4.69, 9.17) is 4.74 Å². The zero-order chi connectivity index (χ0) is 11.1. The molecule has 82 valence electrons. The molecule has 1 nitrogen and oxygen atoms in total. The predicted molar refractivity (Wildman–Crippen MR) is 59.1 cm³/mol. The van der Waals surface area contributed by atoms with E-state index in [1.807, 2.05) is 18.2 Å². The Morgan fingerprint density at radius 3 is 2.80 bits per heavy atom. The van der Waals surface area contributed by atoms with Gasteiger partial charge in [-0.2, -0.15) is 0 Å². The van der Waals surface area contributed by atoms with Gasteiger partial charge in [0.15, 0.2) is 0 Å². The van der Waals surface area contributed by atoms with Gasteiger partial charge in [0.05, 0.1) is 6.61 Å². The Labute approximate surface area is 90.3 Å². The first-order valence-electron chi connectivity index (χ1n) is 5.47. The molecule has 15 heavy (non-hydrogen) atoms. The van der Waals surface area contributed by atoms with Crippen LogP contribution >= 0.6 is 0 Å². The minimum atomic E-state index is -1.24. The van der Waals surface area contributed by atoms with Crippen LogP contribution < -0.4 is 4.74 Å². The molecule has 0 radical (unpaired) electrons. The highest BCUT2D eigenvalue weighted by atomic mass is 19.1. The standard InChI is InChI=1S/C13H17FO/c1-9(2)10-4-5-12-11(8-10)13(3,14)6-7-15-12/h4-5,8-9H,6-7H2,1-3H3. The van der Waals surface area contributed by atoms with Crippen LogP contribution in [0.15, 0.2) is 18.2 Å². The quantitative estimate of drug-likeness (QED) is 0.682. The molecule has 0 aromatic heterocycles. The highest BCUT2D eigenvalue weighted by molar-refractivity contribution is 5.43. The number of hydrogen-bond acceptors (Lipinski definition) is 1. The van der Waals surface area contributed by atoms with Crippen LogP contribution in [-0.2, 0) is 5.67 Å². The summed E-state index contributed by atoms with van der Waals surface area (Å²) < 4.78 is 19.7. The van der Waals surface area contributed by atoms with Crippen molar-refractivity contribution >= 4 is 0 Å². The van der Waals surface area contributed by atoms with E-state index in [-0.39, 0.29) is 0 Å². The highest BCUT2D eigenvalue weighted by Gasteiger charge is 2.33. The fourth-order valence-corrected chi connectivity index (χ4v) is 1.93. The lowest BCUT2D eigenvalue weighted by Gasteiger charge is -2.29. The van der Waals surface area contributed by atoms with Gasteiger partial charge in [-0.3, -0.25) is 0 Å². The molecular weight excluding hydrogens is 191 g/mol. The minimum absolute atomic E-state index is 0.424. The van der Waals surface area contributed by atoms with Gasteiger partial charge in [-0.05, 0) is 30.5 Å². The van der Waals surface area contributed by atoms with Crippen molar-refractivity contribution in [1.29, 1.82) is 0 Å². The third kappa shape index (κ3) is 1.85. The van der Waals surface area contributed by atoms with E-state index >= 15 is 0 Å². The van der Waals surface area contributed by atoms with E-state index in [9.17, 15) is 4.39 Å². The van der Waals surface area contributed by atoms with E-state index in [1.54, 1.807) is 6.92 Å². The first-order chi connectivity index (χ1) is 7.00. The highest BCUT2D eigenvalue weighted by Crippen LogP contribution is 2.40. The van der Waals surface area contributed by atoms with Crippen molar-refractivity contribution in [1.82, 2.24) is 0 Å². The molecule has 1 unspecified atom stereocenters. The number of ether oxygens (including phenoxy) is 1. The van der Waals surface area contributed by atoms with E-state index in [0.29, 0.717) is 30.3 Å². The maximum atomic E-state index is 14.2. The summed E-state index contributed by atoms with van der Waals surface area (Å²) in [5.41, 5.74) is 0.640. The van der Waals surface area contributed by atoms with Crippen LogP contribution in [0.5, 0.6) is 5.75 Å². The molecule has 0 saturated carbocycles. The molecule has 0 fully saturated rings. The average Bonchev–Trinajstić information content (AvgIpc) is 2.17. The van der Waals surface area contributed by atoms with Gasteiger partial charge in [-0.1, -0.05) is 19.9 Å². The molecule has 0 aliphatic carbocycles. The van der Waals surface area contributed by atoms with Crippen LogP contribution in [0.25, 0.3) is 0 Å². The lowest BCUT2D eigenvalue weighted by Crippen LogP contribution is -2.25. The monoisotopic (exact) mass is 208 g/mol. The summed E-state index contributed by atoms with van der Waals surface area (Å²) >= 11 is 0. The first-order valence-corrected chi connectivity index (χ1v) is 5.47. The zero-order valence-electron chi connectivity index (χ0n) is 9.51. The van der Waals surface area contributed by atoms with Gasteiger partial charge >= 0.3 is 0 Å². The SMILES string of the molecule is CC(C)c1ccc2c(c1)C(C)(F)CCO2. The fourth-order valence-electron chi connectivity index (χ4n) is 1.93. The van der Waals surface area contributed by atoms with E-state index < -0.39 is 5.67 Å². The van der Waals surface area contributed by atoms with Crippen LogP contribution in [-0.4, -0.2) is 6.61 Å². The number of alkyl halides is 1. The lowest BCUT2D eigenvalue weighted by atomic mass is 9.88. The van der Waals surface area contributed by atoms with Crippen LogP contribution in [0.4, 0.5) is 4.39 Å². The van der Waals surface area contributed by atoms with Crippen molar-refractivity contribution in [3.63, 3.8) is 0 Å². The summed E-state index contributed by atoms with van der Waals surface area (Å²) in [6.07, 6.45) is 0.446. The van der Waals surface area contributed by atoms with Crippen LogP contribution in [0.3, 0.4) is 0 Å². The molecule has 2 heteroatoms. The van der Waals surface area contributed by atoms with E-state index in [2.05, 4.69) is 13.8 Å². The van der Waals surface area contributed by atoms with Gasteiger partial charge in [0.1, 0.15) is 11.4 Å². The van der Waals surface area contributed by atoms with Crippen molar-refractivity contribution in [3.8, 4) is 5.75 Å². The van der Waals surface area contributed by atoms with Crippen LogP contribution in [0.1, 0.15) is 44.2 Å². The Bertz CT molecular complexity index is 369. The van der Waals surface area contributed by atoms with Gasteiger partial charge < -0.3 is 4.74 Å². The maximum Gasteiger partial charge on any atom is 0.140 e. The van der Waals surface area contributed by atoms with Gasteiger partial charge in [-0.25, -0.2) is 4.39 Å². The summed E-state index contributed by atoms with van der Waals surface area (Å²) in [6, 6.07) is 5.85. The Morgan fingerprint density at radius 1 is 1.40 bits per heavy atom.